The highest BCUT2D eigenvalue weighted by Crippen LogP contribution is 2.27. The maximum absolute atomic E-state index is 11.3. The minimum Gasteiger partial charge on any atom is -0.352 e. The summed E-state index contributed by atoms with van der Waals surface area (Å²) in [5, 5.41) is 5.84. The normalized spacial score (nSPS) is 15.8. The summed E-state index contributed by atoms with van der Waals surface area (Å²) >= 11 is 1.59. The van der Waals surface area contributed by atoms with E-state index < -0.39 is 0 Å². The van der Waals surface area contributed by atoms with Crippen molar-refractivity contribution in [3.05, 3.63) is 22.2 Å². The molecule has 0 radical (unpaired) electrons. The number of carbonyl (C=O) groups excluding carboxylic acids is 1. The standard InChI is InChI=1S/C11H14N2OS/c1-8-13-10(7-15-8)4-5-11(14)12-6-9-2-3-9/h4-5,7,9H,2-3,6H2,1H3,(H,12,14)/b5-4+. The minimum absolute atomic E-state index is 0.0208. The molecular weight excluding hydrogens is 208 g/mol. The van der Waals surface area contributed by atoms with Crippen molar-refractivity contribution in [3.8, 4) is 0 Å². The fourth-order valence-electron chi connectivity index (χ4n) is 1.24. The fourth-order valence-corrected chi connectivity index (χ4v) is 1.82. The van der Waals surface area contributed by atoms with Crippen LogP contribution in [0.15, 0.2) is 11.5 Å². The lowest BCUT2D eigenvalue weighted by Crippen LogP contribution is -2.23. The van der Waals surface area contributed by atoms with Gasteiger partial charge in [0.1, 0.15) is 0 Å². The highest BCUT2D eigenvalue weighted by Gasteiger charge is 2.20. The molecule has 3 nitrogen and oxygen atoms in total. The third-order valence-corrected chi connectivity index (χ3v) is 3.10. The van der Waals surface area contributed by atoms with Gasteiger partial charge >= 0.3 is 0 Å². The maximum atomic E-state index is 11.3. The van der Waals surface area contributed by atoms with Crippen LogP contribution in [0.2, 0.25) is 0 Å². The second-order valence-corrected chi connectivity index (χ2v) is 4.88. The Labute approximate surface area is 93.2 Å². The Morgan fingerprint density at radius 1 is 1.73 bits per heavy atom. The number of hydrogen-bond donors (Lipinski definition) is 1. The summed E-state index contributed by atoms with van der Waals surface area (Å²) in [4.78, 5) is 15.6. The van der Waals surface area contributed by atoms with Gasteiger partial charge in [0.25, 0.3) is 0 Å². The summed E-state index contributed by atoms with van der Waals surface area (Å²) in [6.07, 6.45) is 5.83. The molecule has 0 saturated heterocycles. The van der Waals surface area contributed by atoms with Crippen LogP contribution in [0.4, 0.5) is 0 Å². The first-order valence-corrected chi connectivity index (χ1v) is 6.00. The van der Waals surface area contributed by atoms with Gasteiger partial charge in [-0.05, 0) is 31.8 Å². The van der Waals surface area contributed by atoms with Gasteiger partial charge in [0.05, 0.1) is 10.7 Å². The summed E-state index contributed by atoms with van der Waals surface area (Å²) in [7, 11) is 0. The van der Waals surface area contributed by atoms with Crippen LogP contribution in [-0.4, -0.2) is 17.4 Å². The van der Waals surface area contributed by atoms with Crippen LogP contribution in [0.3, 0.4) is 0 Å². The van der Waals surface area contributed by atoms with Crippen LogP contribution in [0.5, 0.6) is 0 Å². The van der Waals surface area contributed by atoms with Crippen LogP contribution in [0, 0.1) is 12.8 Å². The molecule has 1 aliphatic carbocycles. The van der Waals surface area contributed by atoms with Gasteiger partial charge in [0.15, 0.2) is 0 Å². The molecule has 15 heavy (non-hydrogen) atoms. The summed E-state index contributed by atoms with van der Waals surface area (Å²) < 4.78 is 0. The number of carbonyl (C=O) groups is 1. The van der Waals surface area contributed by atoms with Gasteiger partial charge in [-0.1, -0.05) is 0 Å². The quantitative estimate of drug-likeness (QED) is 0.792. The van der Waals surface area contributed by atoms with E-state index in [9.17, 15) is 4.79 Å². The molecule has 2 rings (SSSR count). The highest BCUT2D eigenvalue weighted by atomic mass is 32.1. The fraction of sp³-hybridized carbons (Fsp3) is 0.455. The number of amides is 1. The Morgan fingerprint density at radius 3 is 3.13 bits per heavy atom. The van der Waals surface area contributed by atoms with E-state index in [0.29, 0.717) is 0 Å². The first-order chi connectivity index (χ1) is 7.24. The molecule has 1 saturated carbocycles. The van der Waals surface area contributed by atoms with E-state index in [1.54, 1.807) is 23.5 Å². The number of nitrogens with one attached hydrogen (secondary N) is 1. The lowest BCUT2D eigenvalue weighted by molar-refractivity contribution is -0.116. The molecule has 80 valence electrons. The molecule has 0 aromatic carbocycles. The smallest absolute Gasteiger partial charge is 0.244 e. The Bertz CT molecular complexity index is 380. The van der Waals surface area contributed by atoms with Gasteiger partial charge in [-0.25, -0.2) is 4.98 Å². The molecule has 0 unspecified atom stereocenters. The summed E-state index contributed by atoms with van der Waals surface area (Å²) in [5.41, 5.74) is 0.860. The number of nitrogens with zero attached hydrogens (tertiary/aromatic N) is 1. The molecule has 0 aliphatic heterocycles. The average molecular weight is 222 g/mol. The third-order valence-electron chi connectivity index (χ3n) is 2.30. The number of hydrogen-bond acceptors (Lipinski definition) is 3. The van der Waals surface area contributed by atoms with E-state index >= 15 is 0 Å². The van der Waals surface area contributed by atoms with Crippen molar-refractivity contribution in [2.45, 2.75) is 19.8 Å². The van der Waals surface area contributed by atoms with E-state index in [0.717, 1.165) is 23.2 Å². The van der Waals surface area contributed by atoms with Crippen molar-refractivity contribution < 1.29 is 4.79 Å². The van der Waals surface area contributed by atoms with Gasteiger partial charge in [-0.2, -0.15) is 0 Å². The van der Waals surface area contributed by atoms with Crippen LogP contribution in [-0.2, 0) is 4.79 Å². The Kier molecular flexibility index (Phi) is 3.16. The molecule has 4 heteroatoms. The molecule has 0 atom stereocenters. The van der Waals surface area contributed by atoms with Crippen molar-refractivity contribution in [2.24, 2.45) is 5.92 Å². The number of thiazole rings is 1. The topological polar surface area (TPSA) is 42.0 Å². The molecule has 1 aromatic rings. The monoisotopic (exact) mass is 222 g/mol. The second kappa shape index (κ2) is 4.57. The molecule has 1 amide bonds. The van der Waals surface area contributed by atoms with E-state index in [4.69, 9.17) is 0 Å². The Morgan fingerprint density at radius 2 is 2.53 bits per heavy atom. The Hall–Kier alpha value is -1.16. The van der Waals surface area contributed by atoms with Crippen LogP contribution in [0.25, 0.3) is 6.08 Å². The zero-order chi connectivity index (χ0) is 10.7. The molecule has 1 N–H and O–H groups in total. The van der Waals surface area contributed by atoms with Gasteiger partial charge in [-0.3, -0.25) is 4.79 Å². The molecule has 1 aromatic heterocycles. The van der Waals surface area contributed by atoms with Gasteiger partial charge in [0, 0.05) is 18.0 Å². The minimum atomic E-state index is -0.0208. The number of rotatable bonds is 4. The zero-order valence-corrected chi connectivity index (χ0v) is 9.51. The summed E-state index contributed by atoms with van der Waals surface area (Å²) in [5.74, 6) is 0.705. The van der Waals surface area contributed by atoms with Crippen molar-refractivity contribution in [1.82, 2.24) is 10.3 Å². The largest absolute Gasteiger partial charge is 0.352 e. The second-order valence-electron chi connectivity index (χ2n) is 3.81. The molecule has 0 bridgehead atoms. The summed E-state index contributed by atoms with van der Waals surface area (Å²) in [6.45, 7) is 2.77. The van der Waals surface area contributed by atoms with Crippen molar-refractivity contribution in [1.29, 1.82) is 0 Å². The number of aryl methyl sites for hydroxylation is 1. The molecule has 1 fully saturated rings. The molecule has 0 spiro atoms. The predicted molar refractivity (Wildman–Crippen MR) is 61.6 cm³/mol. The van der Waals surface area contributed by atoms with E-state index in [-0.39, 0.29) is 5.91 Å². The van der Waals surface area contributed by atoms with Gasteiger partial charge in [0.2, 0.25) is 5.91 Å². The third kappa shape index (κ3) is 3.47. The zero-order valence-electron chi connectivity index (χ0n) is 8.69. The lowest BCUT2D eigenvalue weighted by Gasteiger charge is -1.97. The van der Waals surface area contributed by atoms with Crippen molar-refractivity contribution in [2.75, 3.05) is 6.54 Å². The lowest BCUT2D eigenvalue weighted by atomic mass is 10.3. The van der Waals surface area contributed by atoms with Crippen LogP contribution in [0.1, 0.15) is 23.5 Å². The molecule has 1 heterocycles. The van der Waals surface area contributed by atoms with Gasteiger partial charge < -0.3 is 5.32 Å². The number of aromatic nitrogens is 1. The maximum Gasteiger partial charge on any atom is 0.244 e. The van der Waals surface area contributed by atoms with E-state index in [2.05, 4.69) is 10.3 Å². The highest BCUT2D eigenvalue weighted by molar-refractivity contribution is 7.09. The summed E-state index contributed by atoms with van der Waals surface area (Å²) in [6, 6.07) is 0. The predicted octanol–water partition coefficient (Wildman–Crippen LogP) is 1.99. The van der Waals surface area contributed by atoms with Crippen LogP contribution < -0.4 is 5.32 Å². The first-order valence-electron chi connectivity index (χ1n) is 5.12. The first kappa shape index (κ1) is 10.4. The van der Waals surface area contributed by atoms with Crippen molar-refractivity contribution >= 4 is 23.3 Å². The molecular formula is C11H14N2OS. The van der Waals surface area contributed by atoms with Crippen molar-refractivity contribution in [3.63, 3.8) is 0 Å². The average Bonchev–Trinajstić information content (AvgIpc) is 2.95. The van der Waals surface area contributed by atoms with E-state index in [1.807, 2.05) is 12.3 Å². The van der Waals surface area contributed by atoms with E-state index in [1.165, 1.54) is 12.8 Å². The molecule has 1 aliphatic rings. The SMILES string of the molecule is Cc1nc(/C=C/C(=O)NCC2CC2)cs1. The Balaban J connectivity index is 1.79. The van der Waals surface area contributed by atoms with Gasteiger partial charge in [-0.15, -0.1) is 11.3 Å². The van der Waals surface area contributed by atoms with Crippen LogP contribution >= 0.6 is 11.3 Å².